The molecular weight excluding hydrogens is 366 g/mol. The van der Waals surface area contributed by atoms with Crippen molar-refractivity contribution >= 4 is 21.8 Å². The van der Waals surface area contributed by atoms with Gasteiger partial charge in [-0.25, -0.2) is 13.1 Å². The molecule has 0 bridgehead atoms. The number of rotatable bonds is 6. The van der Waals surface area contributed by atoms with E-state index in [-0.39, 0.29) is 28.7 Å². The number of hydrogen-bond acceptors (Lipinski definition) is 4. The highest BCUT2D eigenvalue weighted by Crippen LogP contribution is 2.25. The summed E-state index contributed by atoms with van der Waals surface area (Å²) in [5, 5.41) is 3.03. The Labute approximate surface area is 159 Å². The maximum Gasteiger partial charge on any atom is 0.253 e. The van der Waals surface area contributed by atoms with Crippen LogP contribution in [-0.2, 0) is 14.8 Å². The van der Waals surface area contributed by atoms with Crippen LogP contribution < -0.4 is 10.0 Å². The lowest BCUT2D eigenvalue weighted by molar-refractivity contribution is -0.126. The van der Waals surface area contributed by atoms with Crippen molar-refractivity contribution in [3.63, 3.8) is 0 Å². The first-order valence-electron chi connectivity index (χ1n) is 9.64. The highest BCUT2D eigenvalue weighted by atomic mass is 32.2. The van der Waals surface area contributed by atoms with Gasteiger partial charge in [0, 0.05) is 36.7 Å². The Hall–Kier alpha value is -1.93. The summed E-state index contributed by atoms with van der Waals surface area (Å²) in [6.07, 6.45) is 5.15. The molecule has 8 heteroatoms. The highest BCUT2D eigenvalue weighted by Gasteiger charge is 2.32. The van der Waals surface area contributed by atoms with Crippen molar-refractivity contribution in [1.82, 2.24) is 14.9 Å². The number of likely N-dealkylation sites (tertiary alicyclic amines) is 1. The number of hydrogen-bond donors (Lipinski definition) is 2. The van der Waals surface area contributed by atoms with Crippen LogP contribution in [-0.4, -0.2) is 50.3 Å². The molecule has 0 unspecified atom stereocenters. The van der Waals surface area contributed by atoms with Gasteiger partial charge in [0.25, 0.3) is 5.91 Å². The lowest BCUT2D eigenvalue weighted by Crippen LogP contribution is -2.43. The van der Waals surface area contributed by atoms with Crippen LogP contribution in [0.25, 0.3) is 0 Å². The van der Waals surface area contributed by atoms with E-state index < -0.39 is 10.0 Å². The van der Waals surface area contributed by atoms with E-state index in [1.807, 2.05) is 0 Å². The molecule has 0 atom stereocenters. The lowest BCUT2D eigenvalue weighted by atomic mass is 9.95. The van der Waals surface area contributed by atoms with E-state index in [0.29, 0.717) is 37.5 Å². The first-order chi connectivity index (χ1) is 12.9. The van der Waals surface area contributed by atoms with Gasteiger partial charge in [-0.15, -0.1) is 0 Å². The summed E-state index contributed by atoms with van der Waals surface area (Å²) in [5.74, 6) is -0.118. The Morgan fingerprint density at radius 2 is 1.63 bits per heavy atom. The second-order valence-electron chi connectivity index (χ2n) is 7.77. The number of carbonyl (C=O) groups is 2. The molecule has 2 aliphatic carbocycles. The van der Waals surface area contributed by atoms with Gasteiger partial charge in [-0.2, -0.15) is 0 Å². The molecule has 1 saturated heterocycles. The van der Waals surface area contributed by atoms with Crippen molar-refractivity contribution in [3.8, 4) is 0 Å². The monoisotopic (exact) mass is 391 g/mol. The molecule has 1 heterocycles. The molecule has 2 saturated carbocycles. The van der Waals surface area contributed by atoms with Crippen LogP contribution in [0.15, 0.2) is 29.2 Å². The third-order valence-electron chi connectivity index (χ3n) is 5.37. The van der Waals surface area contributed by atoms with Crippen LogP contribution in [0.3, 0.4) is 0 Å². The van der Waals surface area contributed by atoms with Gasteiger partial charge in [0.2, 0.25) is 15.9 Å². The lowest BCUT2D eigenvalue weighted by Gasteiger charge is -2.31. The summed E-state index contributed by atoms with van der Waals surface area (Å²) in [5.41, 5.74) is 0.370. The zero-order valence-electron chi connectivity index (χ0n) is 15.2. The minimum Gasteiger partial charge on any atom is -0.353 e. The molecule has 27 heavy (non-hydrogen) atoms. The van der Waals surface area contributed by atoms with Gasteiger partial charge in [0.1, 0.15) is 0 Å². The number of nitrogens with zero attached hydrogens (tertiary/aromatic N) is 1. The molecule has 3 fully saturated rings. The van der Waals surface area contributed by atoms with E-state index in [1.165, 1.54) is 12.1 Å². The second kappa shape index (κ2) is 7.24. The fraction of sp³-hybridized carbons (Fsp3) is 0.579. The van der Waals surface area contributed by atoms with Crippen molar-refractivity contribution in [1.29, 1.82) is 0 Å². The third-order valence-corrected chi connectivity index (χ3v) is 6.89. The van der Waals surface area contributed by atoms with Gasteiger partial charge >= 0.3 is 0 Å². The SMILES string of the molecule is O=C(NC1CC1)C1CCN(C(=O)c2cccc(S(=O)(=O)NC3CC3)c2)CC1. The average molecular weight is 391 g/mol. The molecule has 1 aromatic rings. The van der Waals surface area contributed by atoms with Gasteiger partial charge in [0.05, 0.1) is 4.90 Å². The van der Waals surface area contributed by atoms with Crippen molar-refractivity contribution in [2.45, 2.75) is 55.5 Å². The van der Waals surface area contributed by atoms with Crippen LogP contribution >= 0.6 is 0 Å². The molecule has 3 aliphatic rings. The largest absolute Gasteiger partial charge is 0.353 e. The highest BCUT2D eigenvalue weighted by molar-refractivity contribution is 7.89. The molecule has 2 N–H and O–H groups in total. The van der Waals surface area contributed by atoms with E-state index in [2.05, 4.69) is 10.0 Å². The fourth-order valence-corrected chi connectivity index (χ4v) is 4.71. The number of sulfonamides is 1. The number of amides is 2. The summed E-state index contributed by atoms with van der Waals surface area (Å²) in [6.45, 7) is 1.03. The van der Waals surface area contributed by atoms with Crippen molar-refractivity contribution in [2.24, 2.45) is 5.92 Å². The van der Waals surface area contributed by atoms with E-state index in [4.69, 9.17) is 0 Å². The van der Waals surface area contributed by atoms with E-state index >= 15 is 0 Å². The molecule has 0 radical (unpaired) electrons. The fourth-order valence-electron chi connectivity index (χ4n) is 3.36. The van der Waals surface area contributed by atoms with Gasteiger partial charge in [0.15, 0.2) is 0 Å². The third kappa shape index (κ3) is 4.50. The van der Waals surface area contributed by atoms with Gasteiger partial charge in [-0.3, -0.25) is 9.59 Å². The molecule has 0 aromatic heterocycles. The van der Waals surface area contributed by atoms with Gasteiger partial charge in [-0.05, 0) is 56.7 Å². The van der Waals surface area contributed by atoms with Crippen LogP contribution in [0.1, 0.15) is 48.9 Å². The predicted molar refractivity (Wildman–Crippen MR) is 99.6 cm³/mol. The summed E-state index contributed by atoms with van der Waals surface area (Å²) >= 11 is 0. The topological polar surface area (TPSA) is 95.6 Å². The Morgan fingerprint density at radius 3 is 2.26 bits per heavy atom. The standard InChI is InChI=1S/C19H25N3O4S/c23-18(20-15-4-5-15)13-8-10-22(11-9-13)19(24)14-2-1-3-17(12-14)27(25,26)21-16-6-7-16/h1-3,12-13,15-16,21H,4-11H2,(H,20,23). The second-order valence-corrected chi connectivity index (χ2v) is 9.49. The van der Waals surface area contributed by atoms with Crippen molar-refractivity contribution < 1.29 is 18.0 Å². The van der Waals surface area contributed by atoms with Crippen LogP contribution in [0.5, 0.6) is 0 Å². The van der Waals surface area contributed by atoms with Crippen LogP contribution in [0.2, 0.25) is 0 Å². The summed E-state index contributed by atoms with van der Waals surface area (Å²) in [4.78, 5) is 26.8. The summed E-state index contributed by atoms with van der Waals surface area (Å²) in [6, 6.07) is 6.57. The molecule has 2 amide bonds. The molecule has 146 valence electrons. The zero-order chi connectivity index (χ0) is 19.0. The average Bonchev–Trinajstić information content (AvgIpc) is 3.59. The maximum absolute atomic E-state index is 12.8. The summed E-state index contributed by atoms with van der Waals surface area (Å²) < 4.78 is 27.4. The number of carbonyl (C=O) groups excluding carboxylic acids is 2. The normalized spacial score (nSPS) is 21.1. The molecule has 0 spiro atoms. The van der Waals surface area contributed by atoms with E-state index in [0.717, 1.165) is 25.7 Å². The molecule has 1 aliphatic heterocycles. The van der Waals surface area contributed by atoms with Crippen LogP contribution in [0, 0.1) is 5.92 Å². The Bertz CT molecular complexity index is 838. The molecule has 1 aromatic carbocycles. The molecule has 4 rings (SSSR count). The van der Waals surface area contributed by atoms with Crippen molar-refractivity contribution in [3.05, 3.63) is 29.8 Å². The molecule has 7 nitrogen and oxygen atoms in total. The Balaban J connectivity index is 1.38. The molecular formula is C19H25N3O4S. The Morgan fingerprint density at radius 1 is 0.963 bits per heavy atom. The quantitative estimate of drug-likeness (QED) is 0.763. The zero-order valence-corrected chi connectivity index (χ0v) is 16.0. The smallest absolute Gasteiger partial charge is 0.253 e. The number of benzene rings is 1. The van der Waals surface area contributed by atoms with Gasteiger partial charge < -0.3 is 10.2 Å². The van der Waals surface area contributed by atoms with Crippen molar-refractivity contribution in [2.75, 3.05) is 13.1 Å². The van der Waals surface area contributed by atoms with Gasteiger partial charge in [-0.1, -0.05) is 6.07 Å². The number of nitrogens with one attached hydrogen (secondary N) is 2. The van der Waals surface area contributed by atoms with Crippen LogP contribution in [0.4, 0.5) is 0 Å². The summed E-state index contributed by atoms with van der Waals surface area (Å²) in [7, 11) is -3.58. The predicted octanol–water partition coefficient (Wildman–Crippen LogP) is 1.26. The first-order valence-corrected chi connectivity index (χ1v) is 11.1. The minimum atomic E-state index is -3.58. The van der Waals surface area contributed by atoms with E-state index in [9.17, 15) is 18.0 Å². The van der Waals surface area contributed by atoms with E-state index in [1.54, 1.807) is 17.0 Å². The number of piperidine rings is 1. The Kier molecular flexibility index (Phi) is 4.94. The maximum atomic E-state index is 12.8. The first kappa shape index (κ1) is 18.4. The minimum absolute atomic E-state index is 0.0233.